The van der Waals surface area contributed by atoms with Gasteiger partial charge in [-0.2, -0.15) is 0 Å². The van der Waals surface area contributed by atoms with Gasteiger partial charge in [0.2, 0.25) is 0 Å². The molecule has 146 valence electrons. The van der Waals surface area contributed by atoms with Gasteiger partial charge in [-0.1, -0.05) is 19.1 Å². The smallest absolute Gasteiger partial charge is 0.262 e. The van der Waals surface area contributed by atoms with Gasteiger partial charge in [-0.15, -0.1) is 0 Å². The number of ether oxygens (including phenoxy) is 1. The average Bonchev–Trinajstić information content (AvgIpc) is 2.63. The van der Waals surface area contributed by atoms with Crippen molar-refractivity contribution in [2.45, 2.75) is 45.1 Å². The number of hydrogen-bond donors (Lipinski definition) is 2. The first kappa shape index (κ1) is 20.8. The Morgan fingerprint density at radius 2 is 1.78 bits per heavy atom. The number of nitrogens with one attached hydrogen (secondary N) is 2. The Bertz CT molecular complexity index is 939. The Labute approximate surface area is 161 Å². The third kappa shape index (κ3) is 4.60. The molecule has 0 saturated heterocycles. The van der Waals surface area contributed by atoms with Crippen LogP contribution in [-0.2, 0) is 10.0 Å². The van der Waals surface area contributed by atoms with Gasteiger partial charge >= 0.3 is 0 Å². The molecule has 1 unspecified atom stereocenters. The molecule has 0 bridgehead atoms. The summed E-state index contributed by atoms with van der Waals surface area (Å²) < 4.78 is 33.7. The van der Waals surface area contributed by atoms with Gasteiger partial charge in [0.1, 0.15) is 5.75 Å². The number of benzene rings is 2. The Morgan fingerprint density at radius 3 is 2.41 bits per heavy atom. The van der Waals surface area contributed by atoms with Crippen LogP contribution in [-0.4, -0.2) is 27.5 Å². The lowest BCUT2D eigenvalue weighted by Gasteiger charge is -2.17. The summed E-state index contributed by atoms with van der Waals surface area (Å²) in [5.41, 5.74) is 1.88. The minimum absolute atomic E-state index is 0.00588. The van der Waals surface area contributed by atoms with Gasteiger partial charge in [0.15, 0.2) is 0 Å². The van der Waals surface area contributed by atoms with E-state index in [4.69, 9.17) is 4.74 Å². The number of carbonyl (C=O) groups excluding carboxylic acids is 1. The highest BCUT2D eigenvalue weighted by Gasteiger charge is 2.22. The third-order valence-electron chi connectivity index (χ3n) is 4.60. The van der Waals surface area contributed by atoms with Gasteiger partial charge in [-0.05, 0) is 62.6 Å². The summed E-state index contributed by atoms with van der Waals surface area (Å²) in [6, 6.07) is 9.68. The molecule has 1 amide bonds. The molecule has 2 N–H and O–H groups in total. The molecule has 2 aromatic rings. The van der Waals surface area contributed by atoms with Crippen LogP contribution in [0.15, 0.2) is 41.3 Å². The molecule has 0 aromatic heterocycles. The van der Waals surface area contributed by atoms with Crippen molar-refractivity contribution >= 4 is 21.6 Å². The summed E-state index contributed by atoms with van der Waals surface area (Å²) in [7, 11) is -2.33. The molecule has 0 heterocycles. The zero-order chi connectivity index (χ0) is 20.2. The highest BCUT2D eigenvalue weighted by Crippen LogP contribution is 2.28. The SMILES string of the molecule is CCC(C)NC(=O)c1ccccc1NS(=O)(=O)c1ccc(OC)c(C)c1C. The normalized spacial score (nSPS) is 12.3. The second-order valence-electron chi connectivity index (χ2n) is 6.45. The van der Waals surface area contributed by atoms with Gasteiger partial charge in [-0.3, -0.25) is 9.52 Å². The van der Waals surface area contributed by atoms with Crippen LogP contribution >= 0.6 is 0 Å². The Kier molecular flexibility index (Phi) is 6.49. The Morgan fingerprint density at radius 1 is 1.11 bits per heavy atom. The number of anilines is 1. The summed E-state index contributed by atoms with van der Waals surface area (Å²) in [5.74, 6) is 0.310. The minimum atomic E-state index is -3.87. The van der Waals surface area contributed by atoms with E-state index in [0.29, 0.717) is 11.3 Å². The molecule has 0 radical (unpaired) electrons. The maximum Gasteiger partial charge on any atom is 0.262 e. The second-order valence-corrected chi connectivity index (χ2v) is 8.10. The molecule has 0 spiro atoms. The monoisotopic (exact) mass is 390 g/mol. The van der Waals surface area contributed by atoms with Crippen LogP contribution in [0.4, 0.5) is 5.69 Å². The van der Waals surface area contributed by atoms with Crippen molar-refractivity contribution in [2.75, 3.05) is 11.8 Å². The number of amides is 1. The van der Waals surface area contributed by atoms with E-state index in [-0.39, 0.29) is 28.1 Å². The molecule has 0 aliphatic carbocycles. The van der Waals surface area contributed by atoms with Crippen molar-refractivity contribution in [3.05, 3.63) is 53.1 Å². The van der Waals surface area contributed by atoms with E-state index < -0.39 is 10.0 Å². The number of rotatable bonds is 7. The fourth-order valence-corrected chi connectivity index (χ4v) is 4.04. The highest BCUT2D eigenvalue weighted by atomic mass is 32.2. The van der Waals surface area contributed by atoms with Crippen molar-refractivity contribution in [1.29, 1.82) is 0 Å². The second kappa shape index (κ2) is 8.43. The van der Waals surface area contributed by atoms with E-state index in [1.807, 2.05) is 13.8 Å². The van der Waals surface area contributed by atoms with Gasteiger partial charge < -0.3 is 10.1 Å². The molecular weight excluding hydrogens is 364 g/mol. The van der Waals surface area contributed by atoms with Crippen molar-refractivity contribution in [3.63, 3.8) is 0 Å². The van der Waals surface area contributed by atoms with E-state index in [1.54, 1.807) is 51.3 Å². The molecule has 0 aliphatic rings. The Hall–Kier alpha value is -2.54. The number of sulfonamides is 1. The van der Waals surface area contributed by atoms with Gasteiger partial charge in [0.05, 0.1) is 23.3 Å². The molecule has 6 nitrogen and oxygen atoms in total. The van der Waals surface area contributed by atoms with Crippen LogP contribution in [0.25, 0.3) is 0 Å². The largest absolute Gasteiger partial charge is 0.496 e. The predicted octanol–water partition coefficient (Wildman–Crippen LogP) is 3.64. The van der Waals surface area contributed by atoms with E-state index in [9.17, 15) is 13.2 Å². The zero-order valence-electron chi connectivity index (χ0n) is 16.3. The molecule has 0 fully saturated rings. The fourth-order valence-electron chi connectivity index (χ4n) is 2.66. The fraction of sp³-hybridized carbons (Fsp3) is 0.350. The molecule has 27 heavy (non-hydrogen) atoms. The first-order valence-electron chi connectivity index (χ1n) is 8.78. The molecule has 1 atom stereocenters. The van der Waals surface area contributed by atoms with Crippen LogP contribution in [0.1, 0.15) is 41.8 Å². The lowest BCUT2D eigenvalue weighted by molar-refractivity contribution is 0.0940. The topological polar surface area (TPSA) is 84.5 Å². The summed E-state index contributed by atoms with van der Waals surface area (Å²) in [6.07, 6.45) is 0.782. The maximum atomic E-state index is 12.9. The standard InChI is InChI=1S/C20H26N2O4S/c1-6-13(2)21-20(23)16-9-7-8-10-17(16)22-27(24,25)19-12-11-18(26-5)14(3)15(19)4/h7-13,22H,6H2,1-5H3,(H,21,23). The predicted molar refractivity (Wildman–Crippen MR) is 107 cm³/mol. The van der Waals surface area contributed by atoms with Gasteiger partial charge in [-0.25, -0.2) is 8.42 Å². The van der Waals surface area contributed by atoms with Crippen molar-refractivity contribution in [3.8, 4) is 5.75 Å². The maximum absolute atomic E-state index is 12.9. The first-order valence-corrected chi connectivity index (χ1v) is 10.3. The number of methoxy groups -OCH3 is 1. The molecule has 7 heteroatoms. The van der Waals surface area contributed by atoms with E-state index in [1.165, 1.54) is 6.07 Å². The number of hydrogen-bond acceptors (Lipinski definition) is 4. The molecule has 2 rings (SSSR count). The van der Waals surface area contributed by atoms with Crippen LogP contribution < -0.4 is 14.8 Å². The third-order valence-corrected chi connectivity index (χ3v) is 6.11. The zero-order valence-corrected chi connectivity index (χ0v) is 17.1. The van der Waals surface area contributed by atoms with Crippen LogP contribution in [0.2, 0.25) is 0 Å². The van der Waals surface area contributed by atoms with Gasteiger partial charge in [0.25, 0.3) is 15.9 Å². The summed E-state index contributed by atoms with van der Waals surface area (Å²) >= 11 is 0. The van der Waals surface area contributed by atoms with Crippen LogP contribution in [0, 0.1) is 13.8 Å². The minimum Gasteiger partial charge on any atom is -0.496 e. The van der Waals surface area contributed by atoms with Crippen LogP contribution in [0.5, 0.6) is 5.75 Å². The lowest BCUT2D eigenvalue weighted by Crippen LogP contribution is -2.32. The Balaban J connectivity index is 2.40. The van der Waals surface area contributed by atoms with Crippen LogP contribution in [0.3, 0.4) is 0 Å². The quantitative estimate of drug-likeness (QED) is 0.756. The molecule has 0 aliphatic heterocycles. The molecule has 0 saturated carbocycles. The van der Waals surface area contributed by atoms with E-state index in [2.05, 4.69) is 10.0 Å². The molecular formula is C20H26N2O4S. The summed E-state index contributed by atoms with van der Waals surface area (Å²) in [4.78, 5) is 12.7. The average molecular weight is 391 g/mol. The van der Waals surface area contributed by atoms with E-state index >= 15 is 0 Å². The number of carbonyl (C=O) groups is 1. The highest BCUT2D eigenvalue weighted by molar-refractivity contribution is 7.92. The molecule has 2 aromatic carbocycles. The summed E-state index contributed by atoms with van der Waals surface area (Å²) in [6.45, 7) is 7.40. The first-order chi connectivity index (χ1) is 12.7. The van der Waals surface area contributed by atoms with E-state index in [0.717, 1.165) is 12.0 Å². The van der Waals surface area contributed by atoms with Crippen molar-refractivity contribution in [1.82, 2.24) is 5.32 Å². The van der Waals surface area contributed by atoms with Crippen molar-refractivity contribution < 1.29 is 17.9 Å². The van der Waals surface area contributed by atoms with Crippen molar-refractivity contribution in [2.24, 2.45) is 0 Å². The number of para-hydroxylation sites is 1. The lowest BCUT2D eigenvalue weighted by atomic mass is 10.1. The van der Waals surface area contributed by atoms with Gasteiger partial charge in [0, 0.05) is 6.04 Å². The summed E-state index contributed by atoms with van der Waals surface area (Å²) in [5, 5.41) is 2.86.